The van der Waals surface area contributed by atoms with Gasteiger partial charge in [-0.15, -0.1) is 0 Å². The van der Waals surface area contributed by atoms with Crippen LogP contribution in [0.2, 0.25) is 0 Å². The summed E-state index contributed by atoms with van der Waals surface area (Å²) in [5.41, 5.74) is 6.29. The van der Waals surface area contributed by atoms with Crippen LogP contribution in [-0.4, -0.2) is 34.8 Å². The van der Waals surface area contributed by atoms with Gasteiger partial charge in [-0.3, -0.25) is 0 Å². The molecule has 0 saturated heterocycles. The predicted octanol–water partition coefficient (Wildman–Crippen LogP) is 2.02. The number of oxime groups is 1. The predicted molar refractivity (Wildman–Crippen MR) is 67.9 cm³/mol. The van der Waals surface area contributed by atoms with E-state index in [1.54, 1.807) is 13.0 Å². The van der Waals surface area contributed by atoms with E-state index in [-0.39, 0.29) is 23.3 Å². The highest BCUT2D eigenvalue weighted by atomic mass is 19.4. The van der Waals surface area contributed by atoms with E-state index < -0.39 is 12.7 Å². The third kappa shape index (κ3) is 3.31. The summed E-state index contributed by atoms with van der Waals surface area (Å²) in [4.78, 5) is 5.32. The van der Waals surface area contributed by atoms with Gasteiger partial charge in [-0.2, -0.15) is 13.2 Å². The number of halogens is 3. The lowest BCUT2D eigenvalue weighted by Gasteiger charge is -2.26. The van der Waals surface area contributed by atoms with Gasteiger partial charge in [-0.05, 0) is 31.9 Å². The van der Waals surface area contributed by atoms with Gasteiger partial charge < -0.3 is 15.8 Å². The van der Waals surface area contributed by atoms with Gasteiger partial charge in [0.2, 0.25) is 0 Å². The summed E-state index contributed by atoms with van der Waals surface area (Å²) in [5.74, 6) is -0.138. The molecular weight excluding hydrogens is 273 g/mol. The van der Waals surface area contributed by atoms with E-state index >= 15 is 0 Å². The molecule has 1 fully saturated rings. The van der Waals surface area contributed by atoms with Crippen molar-refractivity contribution in [1.82, 2.24) is 4.98 Å². The summed E-state index contributed by atoms with van der Waals surface area (Å²) in [7, 11) is 0. The van der Waals surface area contributed by atoms with Gasteiger partial charge in [-0.25, -0.2) is 4.98 Å². The highest BCUT2D eigenvalue weighted by molar-refractivity contribution is 6.01. The Morgan fingerprint density at radius 1 is 1.50 bits per heavy atom. The van der Waals surface area contributed by atoms with Crippen LogP contribution < -0.4 is 10.6 Å². The molecule has 1 aliphatic carbocycles. The number of aromatic nitrogens is 1. The molecule has 0 unspecified atom stereocenters. The zero-order chi connectivity index (χ0) is 14.9. The number of nitrogens with two attached hydrogens (primary N) is 1. The van der Waals surface area contributed by atoms with E-state index in [0.717, 1.165) is 0 Å². The maximum Gasteiger partial charge on any atom is 0.405 e. The number of alkyl halides is 3. The van der Waals surface area contributed by atoms with Crippen molar-refractivity contribution in [3.8, 4) is 0 Å². The molecular formula is C12H15F3N4O. The molecule has 0 aliphatic heterocycles. The van der Waals surface area contributed by atoms with E-state index in [0.29, 0.717) is 18.5 Å². The molecule has 0 spiro atoms. The Bertz CT molecular complexity index is 526. The summed E-state index contributed by atoms with van der Waals surface area (Å²) < 4.78 is 38.1. The van der Waals surface area contributed by atoms with Crippen LogP contribution in [-0.2, 0) is 0 Å². The molecule has 1 heterocycles. The fourth-order valence-electron chi connectivity index (χ4n) is 1.97. The van der Waals surface area contributed by atoms with E-state index in [1.807, 2.05) is 0 Å². The standard InChI is InChI=1S/C12H15F3N4O/c1-7-2-5-9(10(16)18-20)11(17-7)19(8-3-4-8)6-12(13,14)15/h2,5,8,20H,3-4,6H2,1H3,(H2,16,18). The highest BCUT2D eigenvalue weighted by Crippen LogP contribution is 2.35. The zero-order valence-corrected chi connectivity index (χ0v) is 10.9. The summed E-state index contributed by atoms with van der Waals surface area (Å²) in [6.45, 7) is 0.581. The fraction of sp³-hybridized carbons (Fsp3) is 0.500. The van der Waals surface area contributed by atoms with Crippen molar-refractivity contribution in [3.63, 3.8) is 0 Å². The van der Waals surface area contributed by atoms with Crippen LogP contribution >= 0.6 is 0 Å². The number of hydrogen-bond acceptors (Lipinski definition) is 4. The Hall–Kier alpha value is -1.99. The van der Waals surface area contributed by atoms with Gasteiger partial charge in [0.1, 0.15) is 12.4 Å². The van der Waals surface area contributed by atoms with E-state index in [4.69, 9.17) is 10.9 Å². The molecule has 5 nitrogen and oxygen atoms in total. The van der Waals surface area contributed by atoms with Crippen LogP contribution in [0.25, 0.3) is 0 Å². The lowest BCUT2D eigenvalue weighted by molar-refractivity contribution is -0.120. The van der Waals surface area contributed by atoms with Crippen molar-refractivity contribution < 1.29 is 18.4 Å². The summed E-state index contributed by atoms with van der Waals surface area (Å²) in [5, 5.41) is 11.6. The summed E-state index contributed by atoms with van der Waals surface area (Å²) in [6.07, 6.45) is -2.97. The quantitative estimate of drug-likeness (QED) is 0.385. The number of hydrogen-bond donors (Lipinski definition) is 2. The van der Waals surface area contributed by atoms with Crippen molar-refractivity contribution in [1.29, 1.82) is 0 Å². The van der Waals surface area contributed by atoms with Crippen molar-refractivity contribution in [3.05, 3.63) is 23.4 Å². The van der Waals surface area contributed by atoms with Crippen LogP contribution in [0, 0.1) is 6.92 Å². The molecule has 0 amide bonds. The molecule has 0 bridgehead atoms. The Balaban J connectivity index is 2.44. The molecule has 1 aromatic rings. The Morgan fingerprint density at radius 2 is 2.15 bits per heavy atom. The summed E-state index contributed by atoms with van der Waals surface area (Å²) in [6, 6.07) is 2.92. The number of rotatable bonds is 4. The Morgan fingerprint density at radius 3 is 2.65 bits per heavy atom. The summed E-state index contributed by atoms with van der Waals surface area (Å²) >= 11 is 0. The largest absolute Gasteiger partial charge is 0.409 e. The molecule has 110 valence electrons. The minimum atomic E-state index is -4.34. The van der Waals surface area contributed by atoms with Gasteiger partial charge in [-0.1, -0.05) is 5.16 Å². The molecule has 0 aromatic carbocycles. The van der Waals surface area contributed by atoms with Gasteiger partial charge in [0, 0.05) is 11.7 Å². The first-order valence-electron chi connectivity index (χ1n) is 6.11. The van der Waals surface area contributed by atoms with E-state index in [1.165, 1.54) is 11.0 Å². The minimum absolute atomic E-state index is 0.111. The number of pyridine rings is 1. The van der Waals surface area contributed by atoms with Gasteiger partial charge in [0.05, 0.1) is 5.56 Å². The third-order valence-corrected chi connectivity index (χ3v) is 3.01. The first-order chi connectivity index (χ1) is 9.31. The average Bonchev–Trinajstić information content (AvgIpc) is 3.18. The van der Waals surface area contributed by atoms with Gasteiger partial charge >= 0.3 is 6.18 Å². The molecule has 1 saturated carbocycles. The second kappa shape index (κ2) is 5.18. The van der Waals surface area contributed by atoms with Crippen LogP contribution in [0.5, 0.6) is 0 Å². The minimum Gasteiger partial charge on any atom is -0.409 e. The van der Waals surface area contributed by atoms with Crippen LogP contribution in [0.15, 0.2) is 17.3 Å². The van der Waals surface area contributed by atoms with Crippen molar-refractivity contribution in [2.24, 2.45) is 10.9 Å². The molecule has 1 aliphatic rings. The maximum atomic E-state index is 12.7. The third-order valence-electron chi connectivity index (χ3n) is 3.01. The van der Waals surface area contributed by atoms with Gasteiger partial charge in [0.25, 0.3) is 0 Å². The molecule has 2 rings (SSSR count). The molecule has 1 aromatic heterocycles. The van der Waals surface area contributed by atoms with Crippen LogP contribution in [0.1, 0.15) is 24.1 Å². The maximum absolute atomic E-state index is 12.7. The van der Waals surface area contributed by atoms with E-state index in [9.17, 15) is 13.2 Å². The van der Waals surface area contributed by atoms with Crippen molar-refractivity contribution in [2.45, 2.75) is 32.0 Å². The monoisotopic (exact) mass is 288 g/mol. The Labute approximate surface area is 113 Å². The molecule has 3 N–H and O–H groups in total. The topological polar surface area (TPSA) is 74.7 Å². The molecule has 0 atom stereocenters. The van der Waals surface area contributed by atoms with E-state index in [2.05, 4.69) is 10.1 Å². The molecule has 0 radical (unpaired) electrons. The lowest BCUT2D eigenvalue weighted by atomic mass is 10.2. The van der Waals surface area contributed by atoms with Crippen LogP contribution in [0.3, 0.4) is 0 Å². The molecule has 8 heteroatoms. The lowest BCUT2D eigenvalue weighted by Crippen LogP contribution is -2.38. The number of anilines is 1. The second-order valence-electron chi connectivity index (χ2n) is 4.78. The van der Waals surface area contributed by atoms with Crippen LogP contribution in [0.4, 0.5) is 19.0 Å². The zero-order valence-electron chi connectivity index (χ0n) is 10.9. The first kappa shape index (κ1) is 14.4. The molecule has 20 heavy (non-hydrogen) atoms. The highest BCUT2D eigenvalue weighted by Gasteiger charge is 2.39. The average molecular weight is 288 g/mol. The normalized spacial score (nSPS) is 16.3. The van der Waals surface area contributed by atoms with Crippen molar-refractivity contribution >= 4 is 11.7 Å². The second-order valence-corrected chi connectivity index (χ2v) is 4.78. The SMILES string of the molecule is Cc1ccc(C(N)=NO)c(N(CC(F)(F)F)C2CC2)n1. The van der Waals surface area contributed by atoms with Gasteiger partial charge in [0.15, 0.2) is 5.84 Å². The number of aryl methyl sites for hydroxylation is 1. The smallest absolute Gasteiger partial charge is 0.405 e. The number of nitrogens with zero attached hydrogens (tertiary/aromatic N) is 3. The first-order valence-corrected chi connectivity index (χ1v) is 6.11. The number of amidine groups is 1. The fourth-order valence-corrected chi connectivity index (χ4v) is 1.97. The van der Waals surface area contributed by atoms with Crippen molar-refractivity contribution in [2.75, 3.05) is 11.4 Å². The Kier molecular flexibility index (Phi) is 3.74.